The number of nitrogens with zero attached hydrogens (tertiary/aromatic N) is 2. The third-order valence-electron chi connectivity index (χ3n) is 3.83. The lowest BCUT2D eigenvalue weighted by atomic mass is 10.2. The number of carbonyl (C=O) groups excluding carboxylic acids is 1. The Morgan fingerprint density at radius 2 is 1.72 bits per heavy atom. The number of esters is 1. The van der Waals surface area contributed by atoms with Crippen LogP contribution in [0, 0.1) is 10.1 Å². The number of ether oxygens (including phenoxy) is 1. The van der Waals surface area contributed by atoms with Gasteiger partial charge in [-0.05, 0) is 61.9 Å². The summed E-state index contributed by atoms with van der Waals surface area (Å²) in [5, 5.41) is 10.7. The molecule has 2 aromatic rings. The van der Waals surface area contributed by atoms with Crippen molar-refractivity contribution >= 4 is 33.7 Å². The molecule has 0 bridgehead atoms. The van der Waals surface area contributed by atoms with Crippen molar-refractivity contribution in [3.63, 3.8) is 0 Å². The molecule has 0 fully saturated rings. The number of nitro benzene ring substituents is 1. The second kappa shape index (κ2) is 7.94. The summed E-state index contributed by atoms with van der Waals surface area (Å²) in [6.07, 6.45) is 1.45. The van der Waals surface area contributed by atoms with Crippen LogP contribution in [0.5, 0.6) is 0 Å². The van der Waals surface area contributed by atoms with Gasteiger partial charge in [0.25, 0.3) is 5.69 Å². The molecule has 1 N–H and O–H groups in total. The molecule has 1 aliphatic rings. The molecule has 0 aliphatic carbocycles. The summed E-state index contributed by atoms with van der Waals surface area (Å²) in [5.41, 5.74) is 0.960. The normalized spacial score (nSPS) is 15.5. The molecule has 0 aromatic heterocycles. The summed E-state index contributed by atoms with van der Waals surface area (Å²) in [4.78, 5) is 26.5. The molecular weight excluding hydrogens is 398 g/mol. The molecule has 0 amide bonds. The number of carbonyl (C=O) groups is 1. The summed E-state index contributed by atoms with van der Waals surface area (Å²) in [5.74, 6) is -0.625. The molecule has 9 nitrogen and oxygen atoms in total. The van der Waals surface area contributed by atoms with Crippen molar-refractivity contribution in [1.82, 2.24) is 4.72 Å². The van der Waals surface area contributed by atoms with E-state index in [2.05, 4.69) is 9.71 Å². The molecule has 0 unspecified atom stereocenters. The van der Waals surface area contributed by atoms with Gasteiger partial charge in [-0.1, -0.05) is 0 Å². The van der Waals surface area contributed by atoms with Crippen molar-refractivity contribution in [2.75, 3.05) is 0 Å². The zero-order valence-electron chi connectivity index (χ0n) is 15.5. The van der Waals surface area contributed by atoms with Crippen LogP contribution < -0.4 is 4.72 Å². The first-order chi connectivity index (χ1) is 13.7. The summed E-state index contributed by atoms with van der Waals surface area (Å²) in [6, 6.07) is 11.2. The molecule has 0 atom stereocenters. The van der Waals surface area contributed by atoms with Gasteiger partial charge in [0, 0.05) is 23.7 Å². The predicted molar refractivity (Wildman–Crippen MR) is 106 cm³/mol. The van der Waals surface area contributed by atoms with Gasteiger partial charge in [-0.2, -0.15) is 0 Å². The highest BCUT2D eigenvalue weighted by Crippen LogP contribution is 2.21. The number of hydrogen-bond acceptors (Lipinski definition) is 7. The molecular formula is C19H17N3O6S. The van der Waals surface area contributed by atoms with E-state index in [0.29, 0.717) is 11.1 Å². The standard InChI is InChI=1S/C19H17N3O6S/c1-12(2)21-29(26,27)16-9-5-14(6-10-16)18-20-17(19(23)28-18)11-13-3-7-15(8-4-13)22(24)25/h3-12,21H,1-2H3/b17-11-. The molecule has 0 saturated heterocycles. The first kappa shape index (κ1) is 20.4. The summed E-state index contributed by atoms with van der Waals surface area (Å²) >= 11 is 0. The Balaban J connectivity index is 1.83. The Morgan fingerprint density at radius 3 is 2.28 bits per heavy atom. The topological polar surface area (TPSA) is 128 Å². The molecule has 0 radical (unpaired) electrons. The molecule has 2 aromatic carbocycles. The second-order valence-electron chi connectivity index (χ2n) is 6.49. The molecule has 1 heterocycles. The van der Waals surface area contributed by atoms with Gasteiger partial charge in [0.2, 0.25) is 15.9 Å². The third-order valence-corrected chi connectivity index (χ3v) is 5.50. The van der Waals surface area contributed by atoms with Crippen molar-refractivity contribution in [3.8, 4) is 0 Å². The minimum atomic E-state index is -3.63. The van der Waals surface area contributed by atoms with E-state index in [1.165, 1.54) is 54.6 Å². The van der Waals surface area contributed by atoms with Crippen LogP contribution in [0.1, 0.15) is 25.0 Å². The number of nitro groups is 1. The molecule has 150 valence electrons. The van der Waals surface area contributed by atoms with Crippen LogP contribution in [0.15, 0.2) is 64.1 Å². The number of hydrogen-bond donors (Lipinski definition) is 1. The van der Waals surface area contributed by atoms with E-state index in [1.54, 1.807) is 13.8 Å². The molecule has 10 heteroatoms. The fourth-order valence-electron chi connectivity index (χ4n) is 2.54. The lowest BCUT2D eigenvalue weighted by molar-refractivity contribution is -0.384. The Labute approximate surface area is 166 Å². The number of non-ortho nitro benzene ring substituents is 1. The highest BCUT2D eigenvalue weighted by Gasteiger charge is 2.25. The summed E-state index contributed by atoms with van der Waals surface area (Å²) < 4.78 is 32.0. The first-order valence-electron chi connectivity index (χ1n) is 8.55. The van der Waals surface area contributed by atoms with E-state index in [-0.39, 0.29) is 28.2 Å². The van der Waals surface area contributed by atoms with Crippen LogP contribution in [-0.2, 0) is 19.6 Å². The Bertz CT molecular complexity index is 1120. The van der Waals surface area contributed by atoms with Crippen LogP contribution in [-0.4, -0.2) is 31.2 Å². The quantitative estimate of drug-likeness (QED) is 0.334. The van der Waals surface area contributed by atoms with Gasteiger partial charge in [0.1, 0.15) is 0 Å². The second-order valence-corrected chi connectivity index (χ2v) is 8.20. The Hall–Kier alpha value is -3.37. The van der Waals surface area contributed by atoms with Crippen molar-refractivity contribution in [2.24, 2.45) is 4.99 Å². The van der Waals surface area contributed by atoms with Gasteiger partial charge in [0.15, 0.2) is 5.70 Å². The van der Waals surface area contributed by atoms with Crippen LogP contribution in [0.3, 0.4) is 0 Å². The Kier molecular flexibility index (Phi) is 5.57. The fraction of sp³-hybridized carbons (Fsp3) is 0.158. The van der Waals surface area contributed by atoms with Crippen molar-refractivity contribution < 1.29 is 22.9 Å². The summed E-state index contributed by atoms with van der Waals surface area (Å²) in [6.45, 7) is 3.44. The van der Waals surface area contributed by atoms with E-state index in [0.717, 1.165) is 0 Å². The van der Waals surface area contributed by atoms with Gasteiger partial charge in [-0.25, -0.2) is 22.9 Å². The maximum atomic E-state index is 12.2. The lowest BCUT2D eigenvalue weighted by Gasteiger charge is -2.09. The fourth-order valence-corrected chi connectivity index (χ4v) is 3.79. The summed E-state index contributed by atoms with van der Waals surface area (Å²) in [7, 11) is -3.63. The van der Waals surface area contributed by atoms with Gasteiger partial charge >= 0.3 is 5.97 Å². The van der Waals surface area contributed by atoms with Crippen molar-refractivity contribution in [2.45, 2.75) is 24.8 Å². The largest absolute Gasteiger partial charge is 0.402 e. The number of benzene rings is 2. The van der Waals surface area contributed by atoms with E-state index < -0.39 is 20.9 Å². The highest BCUT2D eigenvalue weighted by molar-refractivity contribution is 7.89. The zero-order chi connectivity index (χ0) is 21.2. The van der Waals surface area contributed by atoms with E-state index in [9.17, 15) is 23.3 Å². The van der Waals surface area contributed by atoms with E-state index >= 15 is 0 Å². The third kappa shape index (κ3) is 4.73. The number of sulfonamides is 1. The molecule has 0 saturated carbocycles. The number of nitrogens with one attached hydrogen (secondary N) is 1. The number of cyclic esters (lactones) is 1. The van der Waals surface area contributed by atoms with Crippen molar-refractivity contribution in [3.05, 3.63) is 75.5 Å². The maximum absolute atomic E-state index is 12.2. The highest BCUT2D eigenvalue weighted by atomic mass is 32.2. The Morgan fingerprint density at radius 1 is 1.10 bits per heavy atom. The maximum Gasteiger partial charge on any atom is 0.363 e. The van der Waals surface area contributed by atoms with Crippen LogP contribution >= 0.6 is 0 Å². The number of aliphatic imine (C=N–C) groups is 1. The first-order valence-corrected chi connectivity index (χ1v) is 10.0. The van der Waals surface area contributed by atoms with Crippen molar-refractivity contribution in [1.29, 1.82) is 0 Å². The van der Waals surface area contributed by atoms with Gasteiger partial charge < -0.3 is 4.74 Å². The number of rotatable bonds is 6. The smallest absolute Gasteiger partial charge is 0.363 e. The van der Waals surface area contributed by atoms with Gasteiger partial charge in [0.05, 0.1) is 9.82 Å². The minimum absolute atomic E-state index is 0.0343. The van der Waals surface area contributed by atoms with E-state index in [1.807, 2.05) is 0 Å². The van der Waals surface area contributed by atoms with Crippen LogP contribution in [0.2, 0.25) is 0 Å². The minimum Gasteiger partial charge on any atom is -0.402 e. The molecule has 29 heavy (non-hydrogen) atoms. The molecule has 0 spiro atoms. The molecule has 1 aliphatic heterocycles. The SMILES string of the molecule is CC(C)NS(=O)(=O)c1ccc(C2=N/C(=C\c3ccc([N+](=O)[O-])cc3)C(=O)O2)cc1. The van der Waals surface area contributed by atoms with Gasteiger partial charge in [-0.3, -0.25) is 10.1 Å². The average Bonchev–Trinajstić information content (AvgIpc) is 3.02. The molecule has 3 rings (SSSR count). The van der Waals surface area contributed by atoms with Crippen LogP contribution in [0.4, 0.5) is 5.69 Å². The van der Waals surface area contributed by atoms with Crippen LogP contribution in [0.25, 0.3) is 6.08 Å². The average molecular weight is 415 g/mol. The predicted octanol–water partition coefficient (Wildman–Crippen LogP) is 2.63. The van der Waals surface area contributed by atoms with Gasteiger partial charge in [-0.15, -0.1) is 0 Å². The monoisotopic (exact) mass is 415 g/mol. The zero-order valence-corrected chi connectivity index (χ0v) is 16.3. The lowest BCUT2D eigenvalue weighted by Crippen LogP contribution is -2.30. The van der Waals surface area contributed by atoms with E-state index in [4.69, 9.17) is 4.74 Å².